The minimum atomic E-state index is -4.78. The van der Waals surface area contributed by atoms with Gasteiger partial charge in [-0.05, 0) is 229 Å². The maximum atomic E-state index is 12.8. The van der Waals surface area contributed by atoms with Gasteiger partial charge in [-0.2, -0.15) is 13.2 Å². The van der Waals surface area contributed by atoms with Crippen molar-refractivity contribution in [1.82, 2.24) is 0 Å². The molecule has 6 aliphatic rings. The quantitative estimate of drug-likeness (QED) is 0.0874. The van der Waals surface area contributed by atoms with Crippen LogP contribution in [0.15, 0.2) is 48.5 Å². The maximum Gasteiger partial charge on any atom is 0.421 e. The molecule has 1 heterocycles. The van der Waals surface area contributed by atoms with Gasteiger partial charge in [-0.25, -0.2) is 4.79 Å². The van der Waals surface area contributed by atoms with E-state index in [1.54, 1.807) is 39.8 Å². The fraction of sp³-hybridized carbons (Fsp3) is 0.782. The van der Waals surface area contributed by atoms with Crippen LogP contribution in [-0.4, -0.2) is 70.1 Å². The Balaban J connectivity index is -0.000000160. The number of carbonyl (C=O) groups is 5. The summed E-state index contributed by atoms with van der Waals surface area (Å²) < 4.78 is 65.2. The first-order valence-corrected chi connectivity index (χ1v) is 31.0. The fourth-order valence-electron chi connectivity index (χ4n) is 11.3. The number of aliphatic hydroxyl groups is 1. The molecule has 0 spiro atoms. The molecule has 0 aromatic heterocycles. The van der Waals surface area contributed by atoms with Crippen LogP contribution in [0.3, 0.4) is 0 Å². The average Bonchev–Trinajstić information content (AvgIpc) is 1.17. The summed E-state index contributed by atoms with van der Waals surface area (Å²) in [5.74, 6) is 3.79. The number of ether oxygens (including phenoxy) is 5. The van der Waals surface area contributed by atoms with Crippen LogP contribution in [0.4, 0.5) is 13.2 Å². The summed E-state index contributed by atoms with van der Waals surface area (Å²) in [7, 11) is 0. The van der Waals surface area contributed by atoms with Gasteiger partial charge in [-0.1, -0.05) is 168 Å². The zero-order chi connectivity index (χ0) is 63.3. The zero-order valence-electron chi connectivity index (χ0n) is 54.2. The predicted octanol–water partition coefficient (Wildman–Crippen LogP) is 23.1. The average molecular weight is 1330 g/mol. The van der Waals surface area contributed by atoms with Gasteiger partial charge in [0.05, 0.1) is 28.3 Å². The highest BCUT2D eigenvalue weighted by Gasteiger charge is 2.61. The molecule has 5 aliphatic carbocycles. The first-order chi connectivity index (χ1) is 38.3. The predicted molar refractivity (Wildman–Crippen MR) is 386 cm³/mol. The van der Waals surface area contributed by atoms with E-state index in [1.165, 1.54) is 62.6 Å². The van der Waals surface area contributed by atoms with Gasteiger partial charge >= 0.3 is 36.0 Å². The molecule has 1 saturated heterocycles. The van der Waals surface area contributed by atoms with Crippen LogP contribution in [0.1, 0.15) is 319 Å². The van der Waals surface area contributed by atoms with E-state index in [9.17, 15) is 42.3 Å². The van der Waals surface area contributed by atoms with Crippen molar-refractivity contribution in [2.45, 2.75) is 337 Å². The van der Waals surface area contributed by atoms with Crippen molar-refractivity contribution in [3.05, 3.63) is 59.7 Å². The Labute approximate surface area is 570 Å². The molecule has 2 aromatic carbocycles. The highest BCUT2D eigenvalue weighted by molar-refractivity contribution is 5.83. The van der Waals surface area contributed by atoms with Crippen LogP contribution in [-0.2, 0) is 48.5 Å². The number of hydrogen-bond donors (Lipinski definition) is 2. The summed E-state index contributed by atoms with van der Waals surface area (Å²) in [6.07, 6.45) is 10.2. The third-order valence-electron chi connectivity index (χ3n) is 19.5. The normalized spacial score (nSPS) is 21.2. The number of alkyl halides is 3. The van der Waals surface area contributed by atoms with Crippen molar-refractivity contribution >= 4 is 29.8 Å². The number of benzene rings is 2. The molecule has 8 rings (SSSR count). The molecule has 4 bridgehead atoms. The van der Waals surface area contributed by atoms with Crippen molar-refractivity contribution in [1.29, 1.82) is 0 Å². The molecule has 1 aliphatic heterocycles. The standard InChI is InChI=1S/C19H32O2.C15H19F3O3.C14H26O2.C10H16O4.C10H14O.10CH4/c1-6-18(4,5)17(20)21-19(12(2)3)15-8-13-7-14(10-15)11-16(19)9-13;1-5-13(2,3)12(19)21-11-8-6-10(7-9-11)14(4,20)15(16,17)18;1-6-13(4,5)12(15)16-14(11(2)3)9-7-8-10-14;1-4-10(2,3)9(12)14-7-5-6-13-8(7)11;1-3-8(2)9-4-6-10(11)7-5-9;;;;;;;;;;/h12-16H,6-11H2,1-5H3;6-9,20H,5H2,1-4H3;11H,6-10H2,1-5H3;7H,4-6H2,1-3H3;4-8,11H,3H2,1-2H3;10*1H4. The van der Waals surface area contributed by atoms with Crippen LogP contribution in [0.2, 0.25) is 0 Å². The summed E-state index contributed by atoms with van der Waals surface area (Å²) in [6.45, 7) is 37.2. The monoisotopic (exact) mass is 1330 g/mol. The molecule has 15 heteroatoms. The van der Waals surface area contributed by atoms with Crippen molar-refractivity contribution in [3.8, 4) is 11.5 Å². The van der Waals surface area contributed by atoms with Crippen LogP contribution in [0, 0.1) is 57.2 Å². The number of phenolic OH excluding ortho intramolecular Hbond substituents is 1. The third kappa shape index (κ3) is 27.1. The molecular weight excluding hydrogens is 1190 g/mol. The Morgan fingerprint density at radius 1 is 0.559 bits per heavy atom. The molecule has 6 fully saturated rings. The lowest BCUT2D eigenvalue weighted by molar-refractivity contribution is -0.258. The minimum Gasteiger partial charge on any atom is -0.508 e. The van der Waals surface area contributed by atoms with Crippen LogP contribution >= 0.6 is 0 Å². The number of phenols is 1. The van der Waals surface area contributed by atoms with E-state index in [4.69, 9.17) is 28.8 Å². The number of cyclic esters (lactones) is 1. The SMILES string of the molecule is C.C.C.C.C.C.C.C.C.C.CCC(C)(C)C(=O)OC1(C(C)C)C2CC3CC(C2)CC1C3.CCC(C)(C)C(=O)OC1(C(C)C)CCCC1.CCC(C)(C)C(=O)OC1CCOC1=O.CCC(C)(C)C(=O)Oc1ccc(C(C)(O)C(F)(F)F)cc1.CCC(C)c1ccc(O)cc1. The fourth-order valence-corrected chi connectivity index (χ4v) is 11.3. The van der Waals surface area contributed by atoms with Crippen molar-refractivity contribution in [2.75, 3.05) is 6.61 Å². The Bertz CT molecular complexity index is 2370. The van der Waals surface area contributed by atoms with E-state index in [1.807, 2.05) is 60.6 Å². The molecule has 12 nitrogen and oxygen atoms in total. The van der Waals surface area contributed by atoms with Gasteiger partial charge in [0.1, 0.15) is 22.7 Å². The smallest absolute Gasteiger partial charge is 0.421 e. The number of rotatable bonds is 17. The molecule has 0 radical (unpaired) electrons. The lowest BCUT2D eigenvalue weighted by Crippen LogP contribution is -2.63. The van der Waals surface area contributed by atoms with Gasteiger partial charge < -0.3 is 33.9 Å². The number of halogens is 3. The van der Waals surface area contributed by atoms with E-state index in [0.29, 0.717) is 68.1 Å². The lowest BCUT2D eigenvalue weighted by atomic mass is 9.47. The van der Waals surface area contributed by atoms with Crippen molar-refractivity contribution in [3.63, 3.8) is 0 Å². The highest BCUT2D eigenvalue weighted by Crippen LogP contribution is 2.62. The topological polar surface area (TPSA) is 172 Å². The maximum absolute atomic E-state index is 12.8. The second kappa shape index (κ2) is 42.8. The molecule has 0 amide bonds. The van der Waals surface area contributed by atoms with Crippen molar-refractivity contribution in [2.24, 2.45) is 57.2 Å². The summed E-state index contributed by atoms with van der Waals surface area (Å²) in [6, 6.07) is 12.1. The molecule has 3 unspecified atom stereocenters. The minimum absolute atomic E-state index is 0. The van der Waals surface area contributed by atoms with Crippen LogP contribution in [0.25, 0.3) is 0 Å². The van der Waals surface area contributed by atoms with Gasteiger partial charge in [0.25, 0.3) is 0 Å². The van der Waals surface area contributed by atoms with Gasteiger partial charge in [-0.15, -0.1) is 0 Å². The van der Waals surface area contributed by atoms with Gasteiger partial charge in [-0.3, -0.25) is 19.2 Å². The summed E-state index contributed by atoms with van der Waals surface area (Å²) in [5, 5.41) is 18.5. The summed E-state index contributed by atoms with van der Waals surface area (Å²) >= 11 is 0. The third-order valence-corrected chi connectivity index (χ3v) is 19.5. The number of carbonyl (C=O) groups excluding carboxylic acids is 5. The molecule has 552 valence electrons. The molecular formula is C78H147F3O12. The molecule has 93 heavy (non-hydrogen) atoms. The number of hydrogen-bond acceptors (Lipinski definition) is 12. The molecule has 5 saturated carbocycles. The Kier molecular flexibility index (Phi) is 48.0. The largest absolute Gasteiger partial charge is 0.508 e. The second-order valence-electron chi connectivity index (χ2n) is 27.7. The number of esters is 5. The van der Waals surface area contributed by atoms with E-state index in [2.05, 4.69) is 48.5 Å². The first kappa shape index (κ1) is 104. The van der Waals surface area contributed by atoms with Gasteiger partial charge in [0.15, 0.2) is 5.60 Å². The Morgan fingerprint density at radius 2 is 0.946 bits per heavy atom. The molecule has 2 N–H and O–H groups in total. The zero-order valence-corrected chi connectivity index (χ0v) is 54.2. The van der Waals surface area contributed by atoms with E-state index in [-0.39, 0.29) is 126 Å². The van der Waals surface area contributed by atoms with Gasteiger partial charge in [0.2, 0.25) is 6.10 Å². The molecule has 3 atom stereocenters. The molecule has 2 aromatic rings. The highest BCUT2D eigenvalue weighted by atomic mass is 19.4. The summed E-state index contributed by atoms with van der Waals surface area (Å²) in [4.78, 5) is 59.4. The van der Waals surface area contributed by atoms with Crippen LogP contribution < -0.4 is 4.74 Å². The van der Waals surface area contributed by atoms with Gasteiger partial charge in [0, 0.05) is 6.42 Å². The van der Waals surface area contributed by atoms with E-state index >= 15 is 0 Å². The second-order valence-corrected chi connectivity index (χ2v) is 27.7. The van der Waals surface area contributed by atoms with E-state index < -0.39 is 40.6 Å². The number of aromatic hydroxyl groups is 1. The Hall–Kier alpha value is -4.66. The Morgan fingerprint density at radius 3 is 1.29 bits per heavy atom. The van der Waals surface area contributed by atoms with Crippen LogP contribution in [0.5, 0.6) is 11.5 Å². The lowest BCUT2D eigenvalue weighted by Gasteiger charge is -2.62. The summed E-state index contributed by atoms with van der Waals surface area (Å²) in [5.41, 5.74) is -4.20. The van der Waals surface area contributed by atoms with Crippen molar-refractivity contribution < 1.29 is 71.0 Å². The first-order valence-electron chi connectivity index (χ1n) is 31.0. The van der Waals surface area contributed by atoms with E-state index in [0.717, 1.165) is 56.1 Å².